The summed E-state index contributed by atoms with van der Waals surface area (Å²) in [6.07, 6.45) is 1.36. The van der Waals surface area contributed by atoms with Crippen LogP contribution in [0, 0.1) is 0 Å². The van der Waals surface area contributed by atoms with Gasteiger partial charge in [0.25, 0.3) is 0 Å². The highest BCUT2D eigenvalue weighted by molar-refractivity contribution is 7.89. The molecule has 0 spiro atoms. The summed E-state index contributed by atoms with van der Waals surface area (Å²) in [4.78, 5) is 4.24. The van der Waals surface area contributed by atoms with Gasteiger partial charge in [0.2, 0.25) is 10.0 Å². The smallest absolute Gasteiger partial charge is 0.242 e. The van der Waals surface area contributed by atoms with Crippen LogP contribution in [0.5, 0.6) is 0 Å². The Bertz CT molecular complexity index is 452. The topological polar surface area (TPSA) is 71.1 Å². The summed E-state index contributed by atoms with van der Waals surface area (Å²) in [5, 5.41) is 3.10. The molecule has 0 saturated heterocycles. The zero-order valence-electron chi connectivity index (χ0n) is 10.6. The van der Waals surface area contributed by atoms with Crippen molar-refractivity contribution in [1.82, 2.24) is 9.71 Å². The molecular formula is C11H19N3O2S. The Morgan fingerprint density at radius 1 is 1.12 bits per heavy atom. The Morgan fingerprint density at radius 2 is 1.76 bits per heavy atom. The third-order valence-electron chi connectivity index (χ3n) is 1.87. The van der Waals surface area contributed by atoms with E-state index in [0.29, 0.717) is 5.82 Å². The molecule has 0 aromatic carbocycles. The average molecular weight is 257 g/mol. The Kier molecular flexibility index (Phi) is 4.47. The van der Waals surface area contributed by atoms with E-state index in [0.717, 1.165) is 0 Å². The minimum atomic E-state index is -3.45. The number of anilines is 1. The van der Waals surface area contributed by atoms with Gasteiger partial charge in [-0.15, -0.1) is 0 Å². The molecule has 1 heterocycles. The molecule has 0 amide bonds. The van der Waals surface area contributed by atoms with E-state index in [1.54, 1.807) is 26.0 Å². The molecule has 6 heteroatoms. The lowest BCUT2D eigenvalue weighted by Crippen LogP contribution is -2.30. The second kappa shape index (κ2) is 5.46. The second-order valence-electron chi connectivity index (χ2n) is 4.45. The Balaban J connectivity index is 2.87. The number of hydrogen-bond acceptors (Lipinski definition) is 4. The van der Waals surface area contributed by atoms with Crippen molar-refractivity contribution in [1.29, 1.82) is 0 Å². The van der Waals surface area contributed by atoms with E-state index >= 15 is 0 Å². The predicted molar refractivity (Wildman–Crippen MR) is 68.5 cm³/mol. The molecule has 2 N–H and O–H groups in total. The van der Waals surface area contributed by atoms with E-state index in [1.807, 2.05) is 13.8 Å². The third kappa shape index (κ3) is 4.32. The molecule has 0 fully saturated rings. The van der Waals surface area contributed by atoms with Crippen LogP contribution in [-0.4, -0.2) is 25.5 Å². The zero-order chi connectivity index (χ0) is 13.1. The first-order chi connectivity index (χ1) is 7.81. The van der Waals surface area contributed by atoms with Crippen LogP contribution >= 0.6 is 0 Å². The lowest BCUT2D eigenvalue weighted by Gasteiger charge is -2.11. The van der Waals surface area contributed by atoms with Crippen molar-refractivity contribution in [2.45, 2.75) is 44.7 Å². The summed E-state index contributed by atoms with van der Waals surface area (Å²) in [5.41, 5.74) is 0. The van der Waals surface area contributed by atoms with Crippen molar-refractivity contribution in [3.05, 3.63) is 18.3 Å². The molecule has 0 radical (unpaired) electrons. The van der Waals surface area contributed by atoms with Crippen molar-refractivity contribution in [2.24, 2.45) is 0 Å². The molecule has 0 aliphatic rings. The molecule has 1 aromatic rings. The van der Waals surface area contributed by atoms with Gasteiger partial charge in [-0.1, -0.05) is 0 Å². The maximum atomic E-state index is 11.8. The molecule has 0 bridgehead atoms. The molecule has 1 rings (SSSR count). The Hall–Kier alpha value is -1.14. The molecule has 17 heavy (non-hydrogen) atoms. The molecular weight excluding hydrogens is 238 g/mol. The first kappa shape index (κ1) is 13.9. The zero-order valence-corrected chi connectivity index (χ0v) is 11.4. The fourth-order valence-corrected chi connectivity index (χ4v) is 2.49. The number of sulfonamides is 1. The van der Waals surface area contributed by atoms with Crippen LogP contribution in [0.4, 0.5) is 5.82 Å². The van der Waals surface area contributed by atoms with Gasteiger partial charge in [0.15, 0.2) is 0 Å². The van der Waals surface area contributed by atoms with E-state index in [2.05, 4.69) is 15.0 Å². The average Bonchev–Trinajstić information content (AvgIpc) is 2.15. The van der Waals surface area contributed by atoms with Crippen molar-refractivity contribution >= 4 is 15.8 Å². The number of nitrogens with zero attached hydrogens (tertiary/aromatic N) is 1. The van der Waals surface area contributed by atoms with E-state index in [-0.39, 0.29) is 17.0 Å². The molecule has 0 aliphatic heterocycles. The van der Waals surface area contributed by atoms with Crippen molar-refractivity contribution in [3.8, 4) is 0 Å². The Morgan fingerprint density at radius 3 is 2.18 bits per heavy atom. The molecule has 5 nitrogen and oxygen atoms in total. The molecule has 0 unspecified atom stereocenters. The maximum Gasteiger partial charge on any atom is 0.242 e. The minimum absolute atomic E-state index is 0.131. The molecule has 1 aromatic heterocycles. The summed E-state index contributed by atoms with van der Waals surface area (Å²) < 4.78 is 26.1. The number of rotatable bonds is 5. The molecule has 0 saturated carbocycles. The molecule has 0 atom stereocenters. The summed E-state index contributed by atoms with van der Waals surface area (Å²) >= 11 is 0. The van der Waals surface area contributed by atoms with Crippen LogP contribution in [-0.2, 0) is 10.0 Å². The van der Waals surface area contributed by atoms with Gasteiger partial charge in [-0.2, -0.15) is 0 Å². The van der Waals surface area contributed by atoms with E-state index in [1.165, 1.54) is 6.20 Å². The van der Waals surface area contributed by atoms with Gasteiger partial charge in [0, 0.05) is 18.3 Å². The fraction of sp³-hybridized carbons (Fsp3) is 0.545. The lowest BCUT2D eigenvalue weighted by atomic mass is 10.4. The quantitative estimate of drug-likeness (QED) is 0.840. The van der Waals surface area contributed by atoms with E-state index < -0.39 is 10.0 Å². The number of aromatic nitrogens is 1. The van der Waals surface area contributed by atoms with Crippen molar-refractivity contribution < 1.29 is 8.42 Å². The van der Waals surface area contributed by atoms with Gasteiger partial charge in [-0.25, -0.2) is 18.1 Å². The maximum absolute atomic E-state index is 11.8. The second-order valence-corrected chi connectivity index (χ2v) is 6.17. The fourth-order valence-electron chi connectivity index (χ4n) is 1.30. The largest absolute Gasteiger partial charge is 0.368 e. The number of nitrogens with one attached hydrogen (secondary N) is 2. The van der Waals surface area contributed by atoms with Crippen LogP contribution in [0.1, 0.15) is 27.7 Å². The highest BCUT2D eigenvalue weighted by Gasteiger charge is 2.15. The number of pyridine rings is 1. The van der Waals surface area contributed by atoms with Crippen LogP contribution < -0.4 is 10.0 Å². The summed E-state index contributed by atoms with van der Waals surface area (Å²) in [6, 6.07) is 3.34. The highest BCUT2D eigenvalue weighted by Crippen LogP contribution is 2.11. The molecule has 0 aliphatic carbocycles. The van der Waals surface area contributed by atoms with Gasteiger partial charge in [0.05, 0.1) is 0 Å². The van der Waals surface area contributed by atoms with Crippen LogP contribution in [0.3, 0.4) is 0 Å². The SMILES string of the molecule is CC(C)Nc1ccc(S(=O)(=O)NC(C)C)cn1. The first-order valence-electron chi connectivity index (χ1n) is 5.56. The normalized spacial score (nSPS) is 12.1. The van der Waals surface area contributed by atoms with Gasteiger partial charge >= 0.3 is 0 Å². The summed E-state index contributed by atoms with van der Waals surface area (Å²) in [6.45, 7) is 7.54. The number of hydrogen-bond donors (Lipinski definition) is 2. The standard InChI is InChI=1S/C11H19N3O2S/c1-8(2)13-11-6-5-10(7-12-11)17(15,16)14-9(3)4/h5-9,14H,1-4H3,(H,12,13). The first-order valence-corrected chi connectivity index (χ1v) is 7.04. The highest BCUT2D eigenvalue weighted by atomic mass is 32.2. The Labute approximate surface area is 103 Å². The van der Waals surface area contributed by atoms with Crippen molar-refractivity contribution in [2.75, 3.05) is 5.32 Å². The van der Waals surface area contributed by atoms with Crippen LogP contribution in [0.15, 0.2) is 23.2 Å². The molecule has 96 valence electrons. The van der Waals surface area contributed by atoms with E-state index in [9.17, 15) is 8.42 Å². The lowest BCUT2D eigenvalue weighted by molar-refractivity contribution is 0.569. The van der Waals surface area contributed by atoms with E-state index in [4.69, 9.17) is 0 Å². The predicted octanol–water partition coefficient (Wildman–Crippen LogP) is 1.59. The van der Waals surface area contributed by atoms with Gasteiger partial charge in [0.1, 0.15) is 10.7 Å². The van der Waals surface area contributed by atoms with Gasteiger partial charge in [-0.3, -0.25) is 0 Å². The third-order valence-corrected chi connectivity index (χ3v) is 3.52. The summed E-state index contributed by atoms with van der Waals surface area (Å²) in [7, 11) is -3.45. The monoisotopic (exact) mass is 257 g/mol. The van der Waals surface area contributed by atoms with Crippen LogP contribution in [0.25, 0.3) is 0 Å². The van der Waals surface area contributed by atoms with Gasteiger partial charge in [-0.05, 0) is 39.8 Å². The summed E-state index contributed by atoms with van der Waals surface area (Å²) in [5.74, 6) is 0.670. The van der Waals surface area contributed by atoms with Gasteiger partial charge < -0.3 is 5.32 Å². The van der Waals surface area contributed by atoms with Crippen LogP contribution in [0.2, 0.25) is 0 Å². The minimum Gasteiger partial charge on any atom is -0.368 e. The van der Waals surface area contributed by atoms with Crippen molar-refractivity contribution in [3.63, 3.8) is 0 Å².